The summed E-state index contributed by atoms with van der Waals surface area (Å²) >= 11 is 0. The van der Waals surface area contributed by atoms with Crippen molar-refractivity contribution in [2.75, 3.05) is 7.11 Å². The van der Waals surface area contributed by atoms with Gasteiger partial charge >= 0.3 is 0 Å². The lowest BCUT2D eigenvalue weighted by molar-refractivity contribution is 0.0947. The highest BCUT2D eigenvalue weighted by Gasteiger charge is 2.13. The fourth-order valence-corrected chi connectivity index (χ4v) is 2.04. The minimum absolute atomic E-state index is 0.0787. The molecule has 1 amide bonds. The van der Waals surface area contributed by atoms with Crippen LogP contribution >= 0.6 is 0 Å². The maximum Gasteiger partial charge on any atom is 0.255 e. The van der Waals surface area contributed by atoms with E-state index >= 15 is 0 Å². The van der Waals surface area contributed by atoms with Crippen molar-refractivity contribution < 1.29 is 14.6 Å². The van der Waals surface area contributed by atoms with Gasteiger partial charge in [0.25, 0.3) is 5.91 Å². The summed E-state index contributed by atoms with van der Waals surface area (Å²) in [5.74, 6) is 0.0779. The van der Waals surface area contributed by atoms with Crippen LogP contribution in [0.3, 0.4) is 0 Å². The molecule has 5 nitrogen and oxygen atoms in total. The molecule has 0 atom stereocenters. The van der Waals surface area contributed by atoms with Crippen LogP contribution in [0.25, 0.3) is 0 Å². The number of nitrogens with zero attached hydrogens (tertiary/aromatic N) is 1. The van der Waals surface area contributed by atoms with Crippen molar-refractivity contribution in [2.24, 2.45) is 0 Å². The van der Waals surface area contributed by atoms with Gasteiger partial charge in [-0.15, -0.1) is 0 Å². The Bertz CT molecular complexity index is 641. The van der Waals surface area contributed by atoms with E-state index < -0.39 is 0 Å². The first kappa shape index (κ1) is 14.8. The molecule has 0 saturated carbocycles. The third-order valence-electron chi connectivity index (χ3n) is 3.23. The molecule has 0 unspecified atom stereocenters. The number of nitrogens with one attached hydrogen (secondary N) is 1. The summed E-state index contributed by atoms with van der Waals surface area (Å²) in [5, 5.41) is 12.5. The molecule has 2 aromatic rings. The largest absolute Gasteiger partial charge is 0.507 e. The highest BCUT2D eigenvalue weighted by atomic mass is 16.5. The predicted molar refractivity (Wildman–Crippen MR) is 79.4 cm³/mol. The molecule has 0 spiro atoms. The average molecular weight is 286 g/mol. The first-order valence-electron chi connectivity index (χ1n) is 6.73. The van der Waals surface area contributed by atoms with Crippen LogP contribution in [-0.4, -0.2) is 23.1 Å². The molecule has 0 aliphatic heterocycles. The highest BCUT2D eigenvalue weighted by Crippen LogP contribution is 2.22. The second-order valence-corrected chi connectivity index (χ2v) is 4.53. The summed E-state index contributed by atoms with van der Waals surface area (Å²) in [6.07, 6.45) is 2.55. The quantitative estimate of drug-likeness (QED) is 0.884. The Kier molecular flexibility index (Phi) is 4.77. The topological polar surface area (TPSA) is 71.5 Å². The van der Waals surface area contributed by atoms with Crippen molar-refractivity contribution in [2.45, 2.75) is 19.9 Å². The van der Waals surface area contributed by atoms with E-state index in [1.54, 1.807) is 12.3 Å². The third kappa shape index (κ3) is 3.51. The second-order valence-electron chi connectivity index (χ2n) is 4.53. The lowest BCUT2D eigenvalue weighted by Crippen LogP contribution is -2.24. The number of phenolic OH excluding ortho intramolecular Hbond substituents is 1. The smallest absolute Gasteiger partial charge is 0.255 e. The Hall–Kier alpha value is -2.56. The number of pyridine rings is 1. The van der Waals surface area contributed by atoms with Crippen LogP contribution in [0.15, 0.2) is 36.5 Å². The molecule has 0 aliphatic rings. The number of aromatic hydroxyl groups is 1. The lowest BCUT2D eigenvalue weighted by atomic mass is 10.1. The van der Waals surface area contributed by atoms with Gasteiger partial charge in [0, 0.05) is 6.20 Å². The minimum atomic E-state index is -0.362. The van der Waals surface area contributed by atoms with Crippen molar-refractivity contribution in [3.8, 4) is 11.5 Å². The van der Waals surface area contributed by atoms with Crippen LogP contribution < -0.4 is 10.1 Å². The number of carbonyl (C=O) groups is 1. The van der Waals surface area contributed by atoms with Crippen molar-refractivity contribution in [3.63, 3.8) is 0 Å². The van der Waals surface area contributed by atoms with E-state index in [0.717, 1.165) is 17.7 Å². The number of aryl methyl sites for hydroxylation is 1. The van der Waals surface area contributed by atoms with Gasteiger partial charge in [-0.25, -0.2) is 0 Å². The molecule has 1 aromatic heterocycles. The zero-order chi connectivity index (χ0) is 15.2. The van der Waals surface area contributed by atoms with Crippen LogP contribution in [0.2, 0.25) is 0 Å². The second kappa shape index (κ2) is 6.74. The fourth-order valence-electron chi connectivity index (χ4n) is 2.04. The molecule has 21 heavy (non-hydrogen) atoms. The van der Waals surface area contributed by atoms with Gasteiger partial charge < -0.3 is 15.2 Å². The van der Waals surface area contributed by atoms with Gasteiger partial charge in [0.15, 0.2) is 0 Å². The Morgan fingerprint density at radius 3 is 2.90 bits per heavy atom. The molecular formula is C16H18N2O3. The SMILES string of the molecule is CCc1cccnc1CNC(=O)c1cc(OC)ccc1O. The van der Waals surface area contributed by atoms with E-state index in [-0.39, 0.29) is 17.2 Å². The van der Waals surface area contributed by atoms with Crippen LogP contribution in [0, 0.1) is 0 Å². The maximum atomic E-state index is 12.2. The summed E-state index contributed by atoms with van der Waals surface area (Å²) in [5.41, 5.74) is 2.10. The number of ether oxygens (including phenoxy) is 1. The van der Waals surface area contributed by atoms with E-state index in [1.807, 2.05) is 19.1 Å². The monoisotopic (exact) mass is 286 g/mol. The Morgan fingerprint density at radius 2 is 2.19 bits per heavy atom. The molecule has 0 saturated heterocycles. The van der Waals surface area contributed by atoms with Gasteiger partial charge in [-0.3, -0.25) is 9.78 Å². The van der Waals surface area contributed by atoms with Gasteiger partial charge in [0.1, 0.15) is 11.5 Å². The molecular weight excluding hydrogens is 268 g/mol. The van der Waals surface area contributed by atoms with Crippen LogP contribution in [0.5, 0.6) is 11.5 Å². The summed E-state index contributed by atoms with van der Waals surface area (Å²) in [7, 11) is 1.51. The number of amides is 1. The molecule has 1 aromatic carbocycles. The standard InChI is InChI=1S/C16H18N2O3/c1-3-11-5-4-8-17-14(11)10-18-16(20)13-9-12(21-2)6-7-15(13)19/h4-9,19H,3,10H2,1-2H3,(H,18,20). The summed E-state index contributed by atoms with van der Waals surface area (Å²) in [4.78, 5) is 16.4. The number of methoxy groups -OCH3 is 1. The van der Waals surface area contributed by atoms with Gasteiger partial charge in [-0.05, 0) is 36.2 Å². The number of rotatable bonds is 5. The van der Waals surface area contributed by atoms with E-state index in [9.17, 15) is 9.90 Å². The van der Waals surface area contributed by atoms with Crippen molar-refractivity contribution in [1.29, 1.82) is 0 Å². The molecule has 2 N–H and O–H groups in total. The Morgan fingerprint density at radius 1 is 1.38 bits per heavy atom. The summed E-state index contributed by atoms with van der Waals surface area (Å²) in [6, 6.07) is 8.39. The van der Waals surface area contributed by atoms with E-state index in [0.29, 0.717) is 12.3 Å². The van der Waals surface area contributed by atoms with Gasteiger partial charge in [0.05, 0.1) is 24.9 Å². The summed E-state index contributed by atoms with van der Waals surface area (Å²) in [6.45, 7) is 2.36. The molecule has 0 bridgehead atoms. The van der Waals surface area contributed by atoms with Crippen molar-refractivity contribution in [3.05, 3.63) is 53.3 Å². The zero-order valence-corrected chi connectivity index (χ0v) is 12.1. The van der Waals surface area contributed by atoms with Crippen molar-refractivity contribution >= 4 is 5.91 Å². The number of carbonyl (C=O) groups excluding carboxylic acids is 1. The van der Waals surface area contributed by atoms with Gasteiger partial charge in [-0.1, -0.05) is 13.0 Å². The Labute approximate surface area is 123 Å². The van der Waals surface area contributed by atoms with Crippen LogP contribution in [0.4, 0.5) is 0 Å². The molecule has 0 aliphatic carbocycles. The molecule has 0 radical (unpaired) electrons. The number of phenols is 1. The molecule has 5 heteroatoms. The number of aromatic nitrogens is 1. The third-order valence-corrected chi connectivity index (χ3v) is 3.23. The molecule has 2 rings (SSSR count). The van der Waals surface area contributed by atoms with Gasteiger partial charge in [0.2, 0.25) is 0 Å². The van der Waals surface area contributed by atoms with E-state index in [2.05, 4.69) is 10.3 Å². The van der Waals surface area contributed by atoms with E-state index in [1.165, 1.54) is 19.2 Å². The predicted octanol–water partition coefficient (Wildman–Crippen LogP) is 2.29. The maximum absolute atomic E-state index is 12.2. The normalized spacial score (nSPS) is 10.2. The molecule has 110 valence electrons. The average Bonchev–Trinajstić information content (AvgIpc) is 2.53. The number of benzene rings is 1. The molecule has 1 heterocycles. The first-order valence-corrected chi connectivity index (χ1v) is 6.73. The number of hydrogen-bond acceptors (Lipinski definition) is 4. The summed E-state index contributed by atoms with van der Waals surface area (Å²) < 4.78 is 5.06. The highest BCUT2D eigenvalue weighted by molar-refractivity contribution is 5.97. The number of hydrogen-bond donors (Lipinski definition) is 2. The van der Waals surface area contributed by atoms with Gasteiger partial charge in [-0.2, -0.15) is 0 Å². The molecule has 0 fully saturated rings. The minimum Gasteiger partial charge on any atom is -0.507 e. The van der Waals surface area contributed by atoms with Crippen LogP contribution in [0.1, 0.15) is 28.5 Å². The van der Waals surface area contributed by atoms with E-state index in [4.69, 9.17) is 4.74 Å². The Balaban J connectivity index is 2.11. The van der Waals surface area contributed by atoms with Crippen LogP contribution in [-0.2, 0) is 13.0 Å². The lowest BCUT2D eigenvalue weighted by Gasteiger charge is -2.10. The first-order chi connectivity index (χ1) is 10.2. The van der Waals surface area contributed by atoms with Crippen molar-refractivity contribution in [1.82, 2.24) is 10.3 Å². The zero-order valence-electron chi connectivity index (χ0n) is 12.1. The fraction of sp³-hybridized carbons (Fsp3) is 0.250.